The van der Waals surface area contributed by atoms with Crippen LogP contribution in [0, 0.1) is 11.3 Å². The van der Waals surface area contributed by atoms with E-state index in [2.05, 4.69) is 4.84 Å². The van der Waals surface area contributed by atoms with Crippen LogP contribution in [0.4, 0.5) is 0 Å². The third-order valence-corrected chi connectivity index (χ3v) is 0.532. The highest BCUT2D eigenvalue weighted by atomic mass is 16.7. The number of hydroxylamine groups is 1. The number of carbonyl (C=O) groups is 2. The van der Waals surface area contributed by atoms with Crippen LogP contribution in [-0.2, 0) is 14.4 Å². The average molecular weight is 142 g/mol. The van der Waals surface area contributed by atoms with E-state index >= 15 is 0 Å². The first-order valence-electron chi connectivity index (χ1n) is 2.50. The summed E-state index contributed by atoms with van der Waals surface area (Å²) in [5, 5.41) is 7.94. The van der Waals surface area contributed by atoms with Gasteiger partial charge < -0.3 is 4.84 Å². The number of rotatable bonds is 1. The van der Waals surface area contributed by atoms with Crippen LogP contribution in [0.15, 0.2) is 0 Å². The molecule has 0 radical (unpaired) electrons. The van der Waals surface area contributed by atoms with Gasteiger partial charge in [-0.25, -0.2) is 4.79 Å². The molecule has 0 bridgehead atoms. The second kappa shape index (κ2) is 4.32. The molecule has 0 fully saturated rings. The van der Waals surface area contributed by atoms with E-state index in [0.717, 1.165) is 0 Å². The molecule has 0 saturated heterocycles. The standard InChI is InChI=1S/C5H6N2O3/c1-4(8)7-10-5(9)2-3-6/h2H2,1H3,(H,7,8). The molecule has 0 aromatic heterocycles. The lowest BCUT2D eigenvalue weighted by atomic mass is 10.5. The van der Waals surface area contributed by atoms with Crippen LogP contribution < -0.4 is 5.48 Å². The van der Waals surface area contributed by atoms with Gasteiger partial charge in [-0.2, -0.15) is 10.7 Å². The largest absolute Gasteiger partial charge is 0.346 e. The van der Waals surface area contributed by atoms with Crippen LogP contribution in [0.2, 0.25) is 0 Å². The van der Waals surface area contributed by atoms with Gasteiger partial charge in [-0.1, -0.05) is 0 Å². The van der Waals surface area contributed by atoms with Crippen LogP contribution in [0.25, 0.3) is 0 Å². The van der Waals surface area contributed by atoms with Crippen LogP contribution >= 0.6 is 0 Å². The monoisotopic (exact) mass is 142 g/mol. The molecule has 0 saturated carbocycles. The second-order valence-corrected chi connectivity index (χ2v) is 1.47. The first-order valence-corrected chi connectivity index (χ1v) is 2.50. The molecule has 10 heavy (non-hydrogen) atoms. The molecule has 54 valence electrons. The Kier molecular flexibility index (Phi) is 3.64. The smallest absolute Gasteiger partial charge is 0.340 e. The summed E-state index contributed by atoms with van der Waals surface area (Å²) in [5.74, 6) is -1.25. The molecule has 5 nitrogen and oxygen atoms in total. The fourth-order valence-electron chi connectivity index (χ4n) is 0.229. The van der Waals surface area contributed by atoms with Crippen molar-refractivity contribution < 1.29 is 14.4 Å². The van der Waals surface area contributed by atoms with Gasteiger partial charge >= 0.3 is 5.97 Å². The maximum absolute atomic E-state index is 10.3. The van der Waals surface area contributed by atoms with Gasteiger partial charge in [0.2, 0.25) is 5.91 Å². The molecule has 0 spiro atoms. The number of carbonyl (C=O) groups excluding carboxylic acids is 2. The van der Waals surface area contributed by atoms with Crippen molar-refractivity contribution in [3.63, 3.8) is 0 Å². The van der Waals surface area contributed by atoms with Crippen LogP contribution in [0.1, 0.15) is 13.3 Å². The minimum Gasteiger partial charge on any atom is -0.340 e. The first-order chi connectivity index (χ1) is 4.66. The summed E-state index contributed by atoms with van der Waals surface area (Å²) in [5.41, 5.74) is 1.79. The van der Waals surface area contributed by atoms with Crippen molar-refractivity contribution >= 4 is 11.9 Å². The molecule has 0 rings (SSSR count). The SMILES string of the molecule is CC(=O)NOC(=O)CC#N. The van der Waals surface area contributed by atoms with Gasteiger partial charge in [-0.15, -0.1) is 0 Å². The molecule has 1 N–H and O–H groups in total. The quantitative estimate of drug-likeness (QED) is 0.500. The van der Waals surface area contributed by atoms with Crippen molar-refractivity contribution in [2.45, 2.75) is 13.3 Å². The van der Waals surface area contributed by atoms with Crippen LogP contribution in [0.3, 0.4) is 0 Å². The molecule has 0 aromatic carbocycles. The zero-order chi connectivity index (χ0) is 7.98. The van der Waals surface area contributed by atoms with Gasteiger partial charge in [-0.05, 0) is 0 Å². The Morgan fingerprint density at radius 2 is 2.30 bits per heavy atom. The zero-order valence-electron chi connectivity index (χ0n) is 5.38. The van der Waals surface area contributed by atoms with Gasteiger partial charge in [0.15, 0.2) is 0 Å². The highest BCUT2D eigenvalue weighted by molar-refractivity contribution is 5.76. The third kappa shape index (κ3) is 4.59. The molecular weight excluding hydrogens is 136 g/mol. The number of nitrogens with zero attached hydrogens (tertiary/aromatic N) is 1. The minimum absolute atomic E-state index is 0.361. The highest BCUT2D eigenvalue weighted by Gasteiger charge is 2.00. The van der Waals surface area contributed by atoms with Gasteiger partial charge in [0.25, 0.3) is 0 Å². The van der Waals surface area contributed by atoms with Crippen molar-refractivity contribution in [2.24, 2.45) is 0 Å². The van der Waals surface area contributed by atoms with Crippen molar-refractivity contribution in [3.8, 4) is 6.07 Å². The first kappa shape index (κ1) is 8.43. The van der Waals surface area contributed by atoms with E-state index in [1.165, 1.54) is 6.92 Å². The highest BCUT2D eigenvalue weighted by Crippen LogP contribution is 1.78. The van der Waals surface area contributed by atoms with Crippen LogP contribution in [0.5, 0.6) is 0 Å². The predicted octanol–water partition coefficient (Wildman–Crippen LogP) is -0.506. The molecular formula is C5H6N2O3. The minimum atomic E-state index is -0.766. The van der Waals surface area contributed by atoms with E-state index in [4.69, 9.17) is 5.26 Å². The van der Waals surface area contributed by atoms with E-state index in [1.54, 1.807) is 11.5 Å². The molecule has 1 amide bonds. The maximum atomic E-state index is 10.3. The summed E-state index contributed by atoms with van der Waals surface area (Å²) >= 11 is 0. The summed E-state index contributed by atoms with van der Waals surface area (Å²) in [6.45, 7) is 1.19. The fraction of sp³-hybridized carbons (Fsp3) is 0.400. The van der Waals surface area contributed by atoms with Gasteiger partial charge in [0.05, 0.1) is 6.07 Å². The number of nitriles is 1. The van der Waals surface area contributed by atoms with Gasteiger partial charge in [0.1, 0.15) is 6.42 Å². The van der Waals surface area contributed by atoms with E-state index in [9.17, 15) is 9.59 Å². The molecule has 0 unspecified atom stereocenters. The fourth-order valence-corrected chi connectivity index (χ4v) is 0.229. The van der Waals surface area contributed by atoms with Crippen LogP contribution in [-0.4, -0.2) is 11.9 Å². The summed E-state index contributed by atoms with van der Waals surface area (Å²) in [7, 11) is 0. The molecule has 0 aromatic rings. The van der Waals surface area contributed by atoms with E-state index < -0.39 is 11.9 Å². The number of nitrogens with one attached hydrogen (secondary N) is 1. The Bertz CT molecular complexity index is 182. The Balaban J connectivity index is 3.42. The average Bonchev–Trinajstić information content (AvgIpc) is 1.85. The summed E-state index contributed by atoms with van der Waals surface area (Å²) in [4.78, 5) is 24.5. The topological polar surface area (TPSA) is 79.2 Å². The van der Waals surface area contributed by atoms with E-state index in [-0.39, 0.29) is 6.42 Å². The van der Waals surface area contributed by atoms with E-state index in [0.29, 0.717) is 0 Å². The molecule has 0 aliphatic heterocycles. The lowest BCUT2D eigenvalue weighted by molar-refractivity contribution is -0.156. The molecule has 5 heteroatoms. The number of amides is 1. The van der Waals surface area contributed by atoms with Gasteiger partial charge in [-0.3, -0.25) is 4.79 Å². The second-order valence-electron chi connectivity index (χ2n) is 1.47. The number of hydrogen-bond acceptors (Lipinski definition) is 4. The summed E-state index contributed by atoms with van der Waals surface area (Å²) < 4.78 is 0. The molecule has 0 aliphatic rings. The Hall–Kier alpha value is -1.57. The van der Waals surface area contributed by atoms with Gasteiger partial charge in [0, 0.05) is 6.92 Å². The maximum Gasteiger partial charge on any atom is 0.346 e. The molecule has 0 aliphatic carbocycles. The van der Waals surface area contributed by atoms with Crippen molar-refractivity contribution in [1.82, 2.24) is 5.48 Å². The Labute approximate surface area is 57.5 Å². The van der Waals surface area contributed by atoms with Crippen molar-refractivity contribution in [2.75, 3.05) is 0 Å². The molecule has 0 heterocycles. The Morgan fingerprint density at radius 3 is 2.70 bits per heavy atom. The molecule has 0 atom stereocenters. The zero-order valence-corrected chi connectivity index (χ0v) is 5.38. The lowest BCUT2D eigenvalue weighted by Gasteiger charge is -1.97. The Morgan fingerprint density at radius 1 is 1.70 bits per heavy atom. The third-order valence-electron chi connectivity index (χ3n) is 0.532. The number of hydrogen-bond donors (Lipinski definition) is 1. The normalized spacial score (nSPS) is 7.60. The van der Waals surface area contributed by atoms with Crippen molar-refractivity contribution in [3.05, 3.63) is 0 Å². The van der Waals surface area contributed by atoms with Crippen molar-refractivity contribution in [1.29, 1.82) is 5.26 Å². The predicted molar refractivity (Wildman–Crippen MR) is 30.1 cm³/mol. The summed E-state index contributed by atoms with van der Waals surface area (Å²) in [6.07, 6.45) is -0.361. The lowest BCUT2D eigenvalue weighted by Crippen LogP contribution is -2.23. The summed E-state index contributed by atoms with van der Waals surface area (Å²) in [6, 6.07) is 1.57. The van der Waals surface area contributed by atoms with E-state index in [1.807, 2.05) is 0 Å².